The number of hydrogen-bond acceptors (Lipinski definition) is 6. The van der Waals surface area contributed by atoms with Gasteiger partial charge in [-0.2, -0.15) is 0 Å². The van der Waals surface area contributed by atoms with E-state index in [0.29, 0.717) is 6.54 Å². The molecule has 1 aliphatic heterocycles. The first-order valence-electron chi connectivity index (χ1n) is 6.82. The molecule has 19 heavy (non-hydrogen) atoms. The number of likely N-dealkylation sites (N-methyl/N-ethyl adjacent to an activating group) is 1. The molecule has 0 bridgehead atoms. The quantitative estimate of drug-likeness (QED) is 0.782. The lowest BCUT2D eigenvalue weighted by molar-refractivity contribution is 0.228. The van der Waals surface area contributed by atoms with Crippen molar-refractivity contribution in [1.82, 2.24) is 19.8 Å². The van der Waals surface area contributed by atoms with Gasteiger partial charge in [-0.15, -0.1) is 0 Å². The van der Waals surface area contributed by atoms with E-state index in [-0.39, 0.29) is 0 Å². The average Bonchev–Trinajstić information content (AvgIpc) is 2.46. The molecule has 0 atom stereocenters. The minimum absolute atomic E-state index is 0.499. The van der Waals surface area contributed by atoms with Gasteiger partial charge >= 0.3 is 0 Å². The summed E-state index contributed by atoms with van der Waals surface area (Å²) < 4.78 is 0. The molecular formula is C13H24N6. The summed E-state index contributed by atoms with van der Waals surface area (Å²) in [6, 6.07) is 0. The Morgan fingerprint density at radius 3 is 2.32 bits per heavy atom. The van der Waals surface area contributed by atoms with Gasteiger partial charge in [0.1, 0.15) is 0 Å². The van der Waals surface area contributed by atoms with E-state index >= 15 is 0 Å². The van der Waals surface area contributed by atoms with Gasteiger partial charge in [0.2, 0.25) is 5.95 Å². The number of nitrogens with zero attached hydrogens (tertiary/aromatic N) is 5. The molecule has 106 valence electrons. The smallest absolute Gasteiger partial charge is 0.225 e. The summed E-state index contributed by atoms with van der Waals surface area (Å²) in [5, 5.41) is 0. The van der Waals surface area contributed by atoms with Gasteiger partial charge in [-0.25, -0.2) is 9.97 Å². The number of rotatable bonds is 5. The summed E-state index contributed by atoms with van der Waals surface area (Å²) in [5.41, 5.74) is 6.53. The Hall–Kier alpha value is -1.24. The van der Waals surface area contributed by atoms with Gasteiger partial charge < -0.3 is 15.5 Å². The Kier molecular flexibility index (Phi) is 5.07. The van der Waals surface area contributed by atoms with Crippen LogP contribution in [0.25, 0.3) is 0 Å². The highest BCUT2D eigenvalue weighted by Crippen LogP contribution is 2.10. The minimum atomic E-state index is 0.499. The second kappa shape index (κ2) is 6.79. The van der Waals surface area contributed by atoms with E-state index in [4.69, 9.17) is 5.73 Å². The molecule has 2 N–H and O–H groups in total. The maximum Gasteiger partial charge on any atom is 0.225 e. The van der Waals surface area contributed by atoms with E-state index in [9.17, 15) is 0 Å². The molecule has 0 radical (unpaired) electrons. The van der Waals surface area contributed by atoms with Gasteiger partial charge in [-0.1, -0.05) is 0 Å². The van der Waals surface area contributed by atoms with Crippen LogP contribution in [-0.4, -0.2) is 73.1 Å². The molecule has 1 aliphatic rings. The first-order valence-corrected chi connectivity index (χ1v) is 6.82. The minimum Gasteiger partial charge on any atom is -0.338 e. The summed E-state index contributed by atoms with van der Waals surface area (Å²) in [6.45, 7) is 6.89. The third-order valence-corrected chi connectivity index (χ3v) is 3.45. The van der Waals surface area contributed by atoms with Crippen LogP contribution < -0.4 is 10.6 Å². The molecule has 6 nitrogen and oxygen atoms in total. The van der Waals surface area contributed by atoms with Gasteiger partial charge in [0, 0.05) is 63.8 Å². The molecule has 0 unspecified atom stereocenters. The van der Waals surface area contributed by atoms with E-state index in [1.807, 2.05) is 12.4 Å². The van der Waals surface area contributed by atoms with Crippen molar-refractivity contribution >= 4 is 5.95 Å². The third kappa shape index (κ3) is 4.12. The van der Waals surface area contributed by atoms with Gasteiger partial charge in [-0.3, -0.25) is 4.90 Å². The van der Waals surface area contributed by atoms with Crippen LogP contribution in [-0.2, 0) is 6.54 Å². The molecule has 2 heterocycles. The van der Waals surface area contributed by atoms with Crippen LogP contribution in [0, 0.1) is 0 Å². The number of hydrogen-bond donors (Lipinski definition) is 1. The first-order chi connectivity index (χ1) is 9.19. The highest BCUT2D eigenvalue weighted by Gasteiger charge is 2.18. The monoisotopic (exact) mass is 264 g/mol. The standard InChI is InChI=1S/C13H24N6/c1-17(2)3-4-18-5-7-19(8-6-18)13-15-10-12(9-14)11-16-13/h10-11H,3-9,14H2,1-2H3. The van der Waals surface area contributed by atoms with Gasteiger partial charge in [0.15, 0.2) is 0 Å². The predicted octanol–water partition coefficient (Wildman–Crippen LogP) is -0.381. The van der Waals surface area contributed by atoms with Crippen molar-refractivity contribution < 1.29 is 0 Å². The Morgan fingerprint density at radius 1 is 1.16 bits per heavy atom. The van der Waals surface area contributed by atoms with E-state index in [1.54, 1.807) is 0 Å². The Balaban J connectivity index is 1.81. The van der Waals surface area contributed by atoms with E-state index in [1.165, 1.54) is 0 Å². The summed E-state index contributed by atoms with van der Waals surface area (Å²) in [6.07, 6.45) is 3.64. The molecule has 0 spiro atoms. The zero-order valence-corrected chi connectivity index (χ0v) is 11.9. The molecule has 1 aromatic rings. The molecule has 0 saturated carbocycles. The highest BCUT2D eigenvalue weighted by atomic mass is 15.3. The molecule has 1 saturated heterocycles. The Labute approximate surface area is 115 Å². The van der Waals surface area contributed by atoms with E-state index in [2.05, 4.69) is 38.8 Å². The number of piperazine rings is 1. The van der Waals surface area contributed by atoms with Crippen LogP contribution in [0.15, 0.2) is 12.4 Å². The lowest BCUT2D eigenvalue weighted by Crippen LogP contribution is -2.48. The van der Waals surface area contributed by atoms with Crippen LogP contribution in [0.5, 0.6) is 0 Å². The van der Waals surface area contributed by atoms with Crippen molar-refractivity contribution in [3.05, 3.63) is 18.0 Å². The normalized spacial score (nSPS) is 17.2. The molecule has 0 amide bonds. The zero-order chi connectivity index (χ0) is 13.7. The number of aromatic nitrogens is 2. The fourth-order valence-electron chi connectivity index (χ4n) is 2.13. The van der Waals surface area contributed by atoms with Crippen LogP contribution in [0.2, 0.25) is 0 Å². The van der Waals surface area contributed by atoms with E-state index < -0.39 is 0 Å². The SMILES string of the molecule is CN(C)CCN1CCN(c2ncc(CN)cn2)CC1. The summed E-state index contributed by atoms with van der Waals surface area (Å²) in [4.78, 5) is 15.7. The molecule has 0 aliphatic carbocycles. The highest BCUT2D eigenvalue weighted by molar-refractivity contribution is 5.30. The fraction of sp³-hybridized carbons (Fsp3) is 0.692. The second-order valence-corrected chi connectivity index (χ2v) is 5.23. The van der Waals surface area contributed by atoms with Crippen molar-refractivity contribution in [2.75, 3.05) is 58.3 Å². The van der Waals surface area contributed by atoms with Crippen molar-refractivity contribution in [2.45, 2.75) is 6.54 Å². The summed E-state index contributed by atoms with van der Waals surface area (Å²) >= 11 is 0. The van der Waals surface area contributed by atoms with Crippen molar-refractivity contribution in [1.29, 1.82) is 0 Å². The molecule has 2 rings (SSSR count). The molecular weight excluding hydrogens is 240 g/mol. The fourth-order valence-corrected chi connectivity index (χ4v) is 2.13. The van der Waals surface area contributed by atoms with Crippen LogP contribution >= 0.6 is 0 Å². The lowest BCUT2D eigenvalue weighted by Gasteiger charge is -2.35. The Morgan fingerprint density at radius 2 is 1.79 bits per heavy atom. The summed E-state index contributed by atoms with van der Waals surface area (Å²) in [5.74, 6) is 0.824. The van der Waals surface area contributed by atoms with Crippen LogP contribution in [0.3, 0.4) is 0 Å². The van der Waals surface area contributed by atoms with Crippen molar-refractivity contribution in [3.63, 3.8) is 0 Å². The second-order valence-electron chi connectivity index (χ2n) is 5.23. The van der Waals surface area contributed by atoms with Crippen LogP contribution in [0.1, 0.15) is 5.56 Å². The average molecular weight is 264 g/mol. The maximum absolute atomic E-state index is 5.55. The Bertz CT molecular complexity index is 369. The molecule has 6 heteroatoms. The van der Waals surface area contributed by atoms with Crippen molar-refractivity contribution in [3.8, 4) is 0 Å². The number of anilines is 1. The zero-order valence-electron chi connectivity index (χ0n) is 11.9. The number of nitrogens with two attached hydrogens (primary N) is 1. The molecule has 1 aromatic heterocycles. The summed E-state index contributed by atoms with van der Waals surface area (Å²) in [7, 11) is 4.23. The molecule has 0 aromatic carbocycles. The predicted molar refractivity (Wildman–Crippen MR) is 77.1 cm³/mol. The molecule has 1 fully saturated rings. The van der Waals surface area contributed by atoms with Crippen LogP contribution in [0.4, 0.5) is 5.95 Å². The maximum atomic E-state index is 5.55. The van der Waals surface area contributed by atoms with E-state index in [0.717, 1.165) is 50.8 Å². The van der Waals surface area contributed by atoms with Crippen molar-refractivity contribution in [2.24, 2.45) is 5.73 Å². The largest absolute Gasteiger partial charge is 0.338 e. The topological polar surface area (TPSA) is 61.5 Å². The van der Waals surface area contributed by atoms with Gasteiger partial charge in [0.25, 0.3) is 0 Å². The third-order valence-electron chi connectivity index (χ3n) is 3.45. The first kappa shape index (κ1) is 14.2. The van der Waals surface area contributed by atoms with Gasteiger partial charge in [-0.05, 0) is 14.1 Å². The lowest BCUT2D eigenvalue weighted by atomic mass is 10.3. The van der Waals surface area contributed by atoms with Gasteiger partial charge in [0.05, 0.1) is 0 Å².